The largest absolute Gasteiger partial charge is 0.508 e. The van der Waals surface area contributed by atoms with Gasteiger partial charge in [-0.1, -0.05) is 25.5 Å². The molecule has 2 rings (SSSR count). The van der Waals surface area contributed by atoms with Crippen molar-refractivity contribution in [2.24, 2.45) is 5.73 Å². The van der Waals surface area contributed by atoms with E-state index in [1.165, 1.54) is 31.5 Å². The zero-order valence-corrected chi connectivity index (χ0v) is 13.9. The van der Waals surface area contributed by atoms with Crippen molar-refractivity contribution in [1.29, 1.82) is 0 Å². The molecular formula is C17H27N3O3. The van der Waals surface area contributed by atoms with Crippen LogP contribution in [0.1, 0.15) is 25.3 Å². The van der Waals surface area contributed by atoms with Crippen molar-refractivity contribution >= 4 is 5.97 Å². The Morgan fingerprint density at radius 1 is 1.30 bits per heavy atom. The first-order chi connectivity index (χ1) is 10.9. The summed E-state index contributed by atoms with van der Waals surface area (Å²) in [7, 11) is 2.10. The summed E-state index contributed by atoms with van der Waals surface area (Å²) in [5, 5.41) is 17.5. The first-order valence-corrected chi connectivity index (χ1v) is 7.81. The minimum absolute atomic E-state index is 0.160. The molecule has 0 saturated heterocycles. The molecule has 0 amide bonds. The molecule has 1 aromatic carbocycles. The lowest BCUT2D eigenvalue weighted by molar-refractivity contribution is -0.138. The highest BCUT2D eigenvalue weighted by Gasteiger charge is 2.11. The maximum Gasteiger partial charge on any atom is 0.320 e. The predicted octanol–water partition coefficient (Wildman–Crippen LogP) is 1.81. The number of hydrogen-bond acceptors (Lipinski definition) is 5. The maximum absolute atomic E-state index is 10.4. The topological polar surface area (TPSA) is 90.0 Å². The summed E-state index contributed by atoms with van der Waals surface area (Å²) in [5.74, 6) is -0.860. The van der Waals surface area contributed by atoms with Crippen molar-refractivity contribution in [3.05, 3.63) is 42.2 Å². The average Bonchev–Trinajstić information content (AvgIpc) is 2.93. The fraction of sp³-hybridized carbons (Fsp3) is 0.471. The SMILES string of the molecule is CCCCN1C=CN(C)C1.NC(Cc1ccc(O)cc1)C(=O)O. The van der Waals surface area contributed by atoms with Crippen molar-refractivity contribution in [3.8, 4) is 5.75 Å². The van der Waals surface area contributed by atoms with E-state index >= 15 is 0 Å². The van der Waals surface area contributed by atoms with Gasteiger partial charge in [-0.25, -0.2) is 0 Å². The third-order valence-corrected chi connectivity index (χ3v) is 3.44. The van der Waals surface area contributed by atoms with Gasteiger partial charge in [-0.15, -0.1) is 0 Å². The van der Waals surface area contributed by atoms with Crippen molar-refractivity contribution in [3.63, 3.8) is 0 Å². The molecule has 6 heteroatoms. The summed E-state index contributed by atoms with van der Waals surface area (Å²) in [6, 6.07) is 5.42. The molecule has 1 aromatic rings. The monoisotopic (exact) mass is 321 g/mol. The average molecular weight is 321 g/mol. The van der Waals surface area contributed by atoms with Gasteiger partial charge in [-0.05, 0) is 30.5 Å². The Hall–Kier alpha value is -2.21. The Kier molecular flexibility index (Phi) is 7.97. The van der Waals surface area contributed by atoms with E-state index in [9.17, 15) is 4.79 Å². The highest BCUT2D eigenvalue weighted by atomic mass is 16.4. The molecule has 0 radical (unpaired) electrons. The molecule has 1 aliphatic rings. The molecule has 1 unspecified atom stereocenters. The summed E-state index contributed by atoms with van der Waals surface area (Å²) in [4.78, 5) is 14.9. The van der Waals surface area contributed by atoms with Crippen molar-refractivity contribution in [1.82, 2.24) is 9.80 Å². The van der Waals surface area contributed by atoms with Gasteiger partial charge in [0.15, 0.2) is 0 Å². The number of rotatable bonds is 6. The Morgan fingerprint density at radius 2 is 1.96 bits per heavy atom. The summed E-state index contributed by atoms with van der Waals surface area (Å²) < 4.78 is 0. The fourth-order valence-electron chi connectivity index (χ4n) is 2.07. The van der Waals surface area contributed by atoms with Gasteiger partial charge in [-0.2, -0.15) is 0 Å². The minimum Gasteiger partial charge on any atom is -0.508 e. The first-order valence-electron chi connectivity index (χ1n) is 7.81. The van der Waals surface area contributed by atoms with Crippen LogP contribution in [0.5, 0.6) is 5.75 Å². The van der Waals surface area contributed by atoms with Crippen LogP contribution in [-0.2, 0) is 11.2 Å². The molecule has 1 heterocycles. The minimum atomic E-state index is -1.02. The van der Waals surface area contributed by atoms with Gasteiger partial charge in [0.1, 0.15) is 11.8 Å². The normalized spacial score (nSPS) is 14.4. The molecule has 6 nitrogen and oxygen atoms in total. The van der Waals surface area contributed by atoms with E-state index in [0.29, 0.717) is 0 Å². The molecular weight excluding hydrogens is 294 g/mol. The van der Waals surface area contributed by atoms with Crippen LogP contribution >= 0.6 is 0 Å². The number of hydrogen-bond donors (Lipinski definition) is 3. The van der Waals surface area contributed by atoms with Crippen LogP contribution < -0.4 is 5.73 Å². The van der Waals surface area contributed by atoms with Crippen LogP contribution in [-0.4, -0.2) is 52.3 Å². The van der Waals surface area contributed by atoms with Crippen LogP contribution in [0.3, 0.4) is 0 Å². The number of benzene rings is 1. The number of phenols is 1. The van der Waals surface area contributed by atoms with E-state index in [0.717, 1.165) is 12.2 Å². The molecule has 1 aliphatic heterocycles. The van der Waals surface area contributed by atoms with Gasteiger partial charge < -0.3 is 25.7 Å². The molecule has 1 atom stereocenters. The van der Waals surface area contributed by atoms with Crippen molar-refractivity contribution in [2.75, 3.05) is 20.3 Å². The zero-order chi connectivity index (χ0) is 17.2. The molecule has 0 aliphatic carbocycles. The number of aromatic hydroxyl groups is 1. The Balaban J connectivity index is 0.000000238. The zero-order valence-electron chi connectivity index (χ0n) is 13.9. The van der Waals surface area contributed by atoms with Gasteiger partial charge in [0.25, 0.3) is 0 Å². The Bertz CT molecular complexity index is 502. The number of nitrogens with two attached hydrogens (primary N) is 1. The van der Waals surface area contributed by atoms with Gasteiger partial charge in [-0.3, -0.25) is 4.79 Å². The standard InChI is InChI=1S/C9H11NO3.C8H16N2/c10-8(9(12)13)5-6-1-3-7(11)4-2-6;1-3-4-5-10-7-6-9(2)8-10/h1-4,8,11H,5,10H2,(H,12,13);6-7H,3-5,8H2,1-2H3. The molecule has 0 bridgehead atoms. The van der Waals surface area contributed by atoms with Gasteiger partial charge >= 0.3 is 5.97 Å². The number of phenolic OH excluding ortho intramolecular Hbond substituents is 1. The number of carbonyl (C=O) groups is 1. The summed E-state index contributed by atoms with van der Waals surface area (Å²) in [5.41, 5.74) is 6.12. The number of nitrogens with zero attached hydrogens (tertiary/aromatic N) is 2. The number of aliphatic carboxylic acids is 1. The van der Waals surface area contributed by atoms with Gasteiger partial charge in [0, 0.05) is 26.0 Å². The Labute approximate surface area is 137 Å². The van der Waals surface area contributed by atoms with E-state index in [4.69, 9.17) is 15.9 Å². The van der Waals surface area contributed by atoms with Crippen LogP contribution in [0.2, 0.25) is 0 Å². The second-order valence-corrected chi connectivity index (χ2v) is 5.68. The lowest BCUT2D eigenvalue weighted by Crippen LogP contribution is -2.32. The third-order valence-electron chi connectivity index (χ3n) is 3.44. The van der Waals surface area contributed by atoms with Gasteiger partial charge in [0.2, 0.25) is 0 Å². The van der Waals surface area contributed by atoms with Crippen LogP contribution in [0.4, 0.5) is 0 Å². The molecule has 0 fully saturated rings. The van der Waals surface area contributed by atoms with E-state index in [1.807, 2.05) is 0 Å². The number of carboxylic acids is 1. The first kappa shape index (κ1) is 18.8. The molecule has 4 N–H and O–H groups in total. The van der Waals surface area contributed by atoms with Crippen LogP contribution in [0.15, 0.2) is 36.7 Å². The number of unbranched alkanes of at least 4 members (excludes halogenated alkanes) is 1. The lowest BCUT2D eigenvalue weighted by Gasteiger charge is -2.17. The summed E-state index contributed by atoms with van der Waals surface area (Å²) in [6.07, 6.45) is 7.15. The fourth-order valence-corrected chi connectivity index (χ4v) is 2.07. The predicted molar refractivity (Wildman–Crippen MR) is 90.8 cm³/mol. The lowest BCUT2D eigenvalue weighted by atomic mass is 10.1. The maximum atomic E-state index is 10.4. The van der Waals surface area contributed by atoms with E-state index in [2.05, 4.69) is 36.2 Å². The summed E-state index contributed by atoms with van der Waals surface area (Å²) in [6.45, 7) is 4.50. The smallest absolute Gasteiger partial charge is 0.320 e. The molecule has 0 aromatic heterocycles. The Morgan fingerprint density at radius 3 is 2.43 bits per heavy atom. The van der Waals surface area contributed by atoms with E-state index < -0.39 is 12.0 Å². The highest BCUT2D eigenvalue weighted by Crippen LogP contribution is 2.10. The highest BCUT2D eigenvalue weighted by molar-refractivity contribution is 5.73. The number of carboxylic acid groups (broad SMARTS) is 1. The molecule has 128 valence electrons. The third kappa shape index (κ3) is 7.56. The second-order valence-electron chi connectivity index (χ2n) is 5.68. The molecule has 0 spiro atoms. The van der Waals surface area contributed by atoms with Crippen molar-refractivity contribution in [2.45, 2.75) is 32.2 Å². The van der Waals surface area contributed by atoms with E-state index in [-0.39, 0.29) is 12.2 Å². The molecule has 0 saturated carbocycles. The van der Waals surface area contributed by atoms with Gasteiger partial charge in [0.05, 0.1) is 6.67 Å². The van der Waals surface area contributed by atoms with Crippen LogP contribution in [0, 0.1) is 0 Å². The molecule has 23 heavy (non-hydrogen) atoms. The quantitative estimate of drug-likeness (QED) is 0.740. The second kappa shape index (κ2) is 9.74. The van der Waals surface area contributed by atoms with Crippen molar-refractivity contribution < 1.29 is 15.0 Å². The summed E-state index contributed by atoms with van der Waals surface area (Å²) >= 11 is 0. The van der Waals surface area contributed by atoms with E-state index in [1.54, 1.807) is 12.1 Å². The van der Waals surface area contributed by atoms with Crippen LogP contribution in [0.25, 0.3) is 0 Å².